The van der Waals surface area contributed by atoms with Gasteiger partial charge in [0.15, 0.2) is 0 Å². The molecule has 1 aliphatic rings. The molecule has 0 unspecified atom stereocenters. The zero-order chi connectivity index (χ0) is 18.1. The fourth-order valence-corrected chi connectivity index (χ4v) is 3.28. The van der Waals surface area contributed by atoms with Gasteiger partial charge in [-0.25, -0.2) is 4.98 Å². The van der Waals surface area contributed by atoms with Crippen molar-refractivity contribution in [3.8, 4) is 11.4 Å². The highest BCUT2D eigenvalue weighted by molar-refractivity contribution is 5.97. The van der Waals surface area contributed by atoms with E-state index in [9.17, 15) is 9.59 Å². The van der Waals surface area contributed by atoms with E-state index in [0.29, 0.717) is 22.2 Å². The Hall–Kier alpha value is -3.15. The number of methoxy groups -OCH3 is 1. The predicted octanol–water partition coefficient (Wildman–Crippen LogP) is 2.63. The second-order valence-corrected chi connectivity index (χ2v) is 6.35. The molecule has 1 amide bonds. The first-order valence-electron chi connectivity index (χ1n) is 8.62. The van der Waals surface area contributed by atoms with Crippen LogP contribution in [0, 0.1) is 0 Å². The zero-order valence-electron chi connectivity index (χ0n) is 14.5. The summed E-state index contributed by atoms with van der Waals surface area (Å²) >= 11 is 0. The number of benzene rings is 2. The highest BCUT2D eigenvalue weighted by atomic mass is 16.5. The largest absolute Gasteiger partial charge is 0.497 e. The van der Waals surface area contributed by atoms with Crippen LogP contribution in [0.3, 0.4) is 0 Å². The van der Waals surface area contributed by atoms with Gasteiger partial charge in [-0.1, -0.05) is 0 Å². The Morgan fingerprint density at radius 1 is 1.08 bits per heavy atom. The molecule has 1 aliphatic heterocycles. The summed E-state index contributed by atoms with van der Waals surface area (Å²) in [5.74, 6) is 0.728. The molecular weight excluding hydrogens is 330 g/mol. The van der Waals surface area contributed by atoms with Crippen molar-refractivity contribution in [3.05, 3.63) is 64.7 Å². The molecule has 0 saturated carbocycles. The molecule has 0 spiro atoms. The molecule has 1 saturated heterocycles. The lowest BCUT2D eigenvalue weighted by atomic mass is 10.1. The lowest BCUT2D eigenvalue weighted by Gasteiger charge is -2.15. The Kier molecular flexibility index (Phi) is 4.16. The minimum atomic E-state index is -0.166. The monoisotopic (exact) mass is 349 g/mol. The van der Waals surface area contributed by atoms with Gasteiger partial charge in [-0.05, 0) is 55.3 Å². The molecule has 2 heterocycles. The van der Waals surface area contributed by atoms with Gasteiger partial charge in [0.25, 0.3) is 11.5 Å². The molecule has 3 aromatic rings. The van der Waals surface area contributed by atoms with E-state index in [2.05, 4.69) is 4.98 Å². The molecule has 4 rings (SSSR count). The van der Waals surface area contributed by atoms with E-state index in [4.69, 9.17) is 4.74 Å². The maximum Gasteiger partial charge on any atom is 0.265 e. The number of amides is 1. The van der Waals surface area contributed by atoms with Crippen molar-refractivity contribution in [3.63, 3.8) is 0 Å². The summed E-state index contributed by atoms with van der Waals surface area (Å²) in [7, 11) is 1.60. The maximum atomic E-state index is 12.8. The number of fused-ring (bicyclic) bond motifs is 1. The van der Waals surface area contributed by atoms with Crippen molar-refractivity contribution in [2.75, 3.05) is 20.2 Å². The third-order valence-electron chi connectivity index (χ3n) is 4.75. The molecule has 1 aromatic heterocycles. The number of rotatable bonds is 3. The topological polar surface area (TPSA) is 64.4 Å². The molecule has 2 aromatic carbocycles. The Bertz CT molecular complexity index is 1020. The summed E-state index contributed by atoms with van der Waals surface area (Å²) in [4.78, 5) is 31.6. The van der Waals surface area contributed by atoms with Gasteiger partial charge in [-0.2, -0.15) is 0 Å². The number of carbonyl (C=O) groups excluding carboxylic acids is 1. The first kappa shape index (κ1) is 16.3. The quantitative estimate of drug-likeness (QED) is 0.729. The maximum absolute atomic E-state index is 12.8. The molecule has 132 valence electrons. The molecule has 6 heteroatoms. The van der Waals surface area contributed by atoms with Crippen molar-refractivity contribution < 1.29 is 9.53 Å². The van der Waals surface area contributed by atoms with E-state index in [1.54, 1.807) is 49.6 Å². The van der Waals surface area contributed by atoms with Gasteiger partial charge < -0.3 is 9.64 Å². The minimum absolute atomic E-state index is 0.00512. The number of carbonyl (C=O) groups is 1. The first-order valence-corrected chi connectivity index (χ1v) is 8.62. The van der Waals surface area contributed by atoms with Gasteiger partial charge in [-0.15, -0.1) is 0 Å². The van der Waals surface area contributed by atoms with Crippen molar-refractivity contribution in [2.24, 2.45) is 0 Å². The average molecular weight is 349 g/mol. The molecule has 6 nitrogen and oxygen atoms in total. The summed E-state index contributed by atoms with van der Waals surface area (Å²) in [6, 6.07) is 12.3. The van der Waals surface area contributed by atoms with Gasteiger partial charge in [-0.3, -0.25) is 14.2 Å². The smallest absolute Gasteiger partial charge is 0.265 e. The Morgan fingerprint density at radius 2 is 1.81 bits per heavy atom. The summed E-state index contributed by atoms with van der Waals surface area (Å²) < 4.78 is 6.63. The number of nitrogens with zero attached hydrogens (tertiary/aromatic N) is 3. The van der Waals surface area contributed by atoms with Gasteiger partial charge in [0.1, 0.15) is 12.1 Å². The Balaban J connectivity index is 1.72. The van der Waals surface area contributed by atoms with Gasteiger partial charge in [0, 0.05) is 18.7 Å². The summed E-state index contributed by atoms with van der Waals surface area (Å²) in [6.07, 6.45) is 3.59. The van der Waals surface area contributed by atoms with Crippen LogP contribution < -0.4 is 10.3 Å². The fourth-order valence-electron chi connectivity index (χ4n) is 3.28. The molecular formula is C20H19N3O3. The highest BCUT2D eigenvalue weighted by Crippen LogP contribution is 2.18. The number of hydrogen-bond donors (Lipinski definition) is 0. The van der Waals surface area contributed by atoms with Crippen molar-refractivity contribution in [1.82, 2.24) is 14.5 Å². The van der Waals surface area contributed by atoms with E-state index in [1.165, 1.54) is 10.9 Å². The third-order valence-corrected chi connectivity index (χ3v) is 4.75. The summed E-state index contributed by atoms with van der Waals surface area (Å²) in [5.41, 5.74) is 1.65. The van der Waals surface area contributed by atoms with E-state index in [0.717, 1.165) is 31.7 Å². The van der Waals surface area contributed by atoms with E-state index >= 15 is 0 Å². The SMILES string of the molecule is COc1ccc(-n2cnc3cc(C(=O)N4CCCC4)ccc3c2=O)cc1. The Labute approximate surface area is 150 Å². The Morgan fingerprint density at radius 3 is 2.50 bits per heavy atom. The van der Waals surface area contributed by atoms with Crippen LogP contribution in [0.4, 0.5) is 0 Å². The van der Waals surface area contributed by atoms with Crippen LogP contribution in [0.2, 0.25) is 0 Å². The van der Waals surface area contributed by atoms with E-state index < -0.39 is 0 Å². The zero-order valence-corrected chi connectivity index (χ0v) is 14.5. The van der Waals surface area contributed by atoms with E-state index in [1.807, 2.05) is 4.90 Å². The molecule has 1 fully saturated rings. The van der Waals surface area contributed by atoms with Crippen LogP contribution in [0.25, 0.3) is 16.6 Å². The lowest BCUT2D eigenvalue weighted by Crippen LogP contribution is -2.27. The van der Waals surface area contributed by atoms with Crippen molar-refractivity contribution >= 4 is 16.8 Å². The minimum Gasteiger partial charge on any atom is -0.497 e. The second kappa shape index (κ2) is 6.63. The van der Waals surface area contributed by atoms with Gasteiger partial charge in [0.05, 0.1) is 23.7 Å². The number of ether oxygens (including phenoxy) is 1. The fraction of sp³-hybridized carbons (Fsp3) is 0.250. The van der Waals surface area contributed by atoms with Gasteiger partial charge >= 0.3 is 0 Å². The number of likely N-dealkylation sites (tertiary alicyclic amines) is 1. The molecule has 0 aliphatic carbocycles. The first-order chi connectivity index (χ1) is 12.7. The molecule has 26 heavy (non-hydrogen) atoms. The molecule has 0 atom stereocenters. The van der Waals surface area contributed by atoms with Gasteiger partial charge in [0.2, 0.25) is 0 Å². The normalized spacial score (nSPS) is 14.0. The number of aromatic nitrogens is 2. The van der Waals surface area contributed by atoms with Crippen LogP contribution in [0.5, 0.6) is 5.75 Å². The van der Waals surface area contributed by atoms with Crippen LogP contribution in [-0.2, 0) is 0 Å². The summed E-state index contributed by atoms with van der Waals surface area (Å²) in [6.45, 7) is 1.59. The van der Waals surface area contributed by atoms with E-state index in [-0.39, 0.29) is 11.5 Å². The second-order valence-electron chi connectivity index (χ2n) is 6.35. The van der Waals surface area contributed by atoms with Crippen LogP contribution in [0.15, 0.2) is 53.6 Å². The summed E-state index contributed by atoms with van der Waals surface area (Å²) in [5, 5.41) is 0.487. The van der Waals surface area contributed by atoms with Crippen LogP contribution in [0.1, 0.15) is 23.2 Å². The highest BCUT2D eigenvalue weighted by Gasteiger charge is 2.20. The van der Waals surface area contributed by atoms with Crippen LogP contribution >= 0.6 is 0 Å². The standard InChI is InChI=1S/C20H19N3O3/c1-26-16-7-5-15(6-8-16)23-13-21-18-12-14(4-9-17(18)20(23)25)19(24)22-10-2-3-11-22/h4-9,12-13H,2-3,10-11H2,1H3. The third kappa shape index (κ3) is 2.83. The van der Waals surface area contributed by atoms with Crippen molar-refractivity contribution in [2.45, 2.75) is 12.8 Å². The van der Waals surface area contributed by atoms with Crippen LogP contribution in [-0.4, -0.2) is 40.6 Å². The lowest BCUT2D eigenvalue weighted by molar-refractivity contribution is 0.0793. The average Bonchev–Trinajstić information content (AvgIpc) is 3.22. The molecule has 0 radical (unpaired) electrons. The molecule has 0 N–H and O–H groups in total. The van der Waals surface area contributed by atoms with Crippen molar-refractivity contribution in [1.29, 1.82) is 0 Å². The predicted molar refractivity (Wildman–Crippen MR) is 99.0 cm³/mol. The molecule has 0 bridgehead atoms. The number of hydrogen-bond acceptors (Lipinski definition) is 4.